The van der Waals surface area contributed by atoms with Gasteiger partial charge < -0.3 is 9.73 Å². The average molecular weight is 221 g/mol. The molecule has 0 aliphatic rings. The topological polar surface area (TPSA) is 51.0 Å². The van der Waals surface area contributed by atoms with Crippen molar-refractivity contribution in [2.24, 2.45) is 0 Å². The zero-order chi connectivity index (χ0) is 11.4. The zero-order valence-electron chi connectivity index (χ0n) is 8.90. The fourth-order valence-electron chi connectivity index (χ4n) is 1.33. The number of hydrogen-bond donors (Lipinski definition) is 1. The molecule has 84 valence electrons. The number of aromatic nitrogens is 2. The number of rotatable bonds is 4. The molecule has 1 N–H and O–H groups in total. The van der Waals surface area contributed by atoms with E-state index >= 15 is 0 Å². The van der Waals surface area contributed by atoms with E-state index in [-0.39, 0.29) is 5.82 Å². The third-order valence-electron chi connectivity index (χ3n) is 2.13. The summed E-state index contributed by atoms with van der Waals surface area (Å²) in [6.45, 7) is 2.41. The van der Waals surface area contributed by atoms with Crippen molar-refractivity contribution in [2.75, 3.05) is 11.9 Å². The zero-order valence-corrected chi connectivity index (χ0v) is 8.90. The van der Waals surface area contributed by atoms with Gasteiger partial charge in [0.15, 0.2) is 0 Å². The molecule has 5 heteroatoms. The molecule has 0 amide bonds. The van der Waals surface area contributed by atoms with E-state index in [0.717, 1.165) is 12.0 Å². The van der Waals surface area contributed by atoms with Crippen molar-refractivity contribution >= 4 is 6.01 Å². The first-order valence-corrected chi connectivity index (χ1v) is 5.02. The molecule has 0 radical (unpaired) electrons. The van der Waals surface area contributed by atoms with E-state index in [1.807, 2.05) is 0 Å². The quantitative estimate of drug-likeness (QED) is 0.859. The second kappa shape index (κ2) is 4.74. The van der Waals surface area contributed by atoms with Crippen LogP contribution in [0.3, 0.4) is 0 Å². The highest BCUT2D eigenvalue weighted by atomic mass is 19.1. The van der Waals surface area contributed by atoms with Gasteiger partial charge in [-0.25, -0.2) is 4.39 Å². The Morgan fingerprint density at radius 1 is 1.25 bits per heavy atom. The van der Waals surface area contributed by atoms with Gasteiger partial charge in [0.25, 0.3) is 0 Å². The molecule has 2 rings (SSSR count). The van der Waals surface area contributed by atoms with E-state index in [2.05, 4.69) is 15.5 Å². The summed E-state index contributed by atoms with van der Waals surface area (Å²) in [5, 5.41) is 10.5. The van der Waals surface area contributed by atoms with Crippen molar-refractivity contribution in [3.63, 3.8) is 0 Å². The van der Waals surface area contributed by atoms with Gasteiger partial charge in [-0.3, -0.25) is 0 Å². The molecule has 1 heterocycles. The SMILES string of the molecule is Cc1nnc(NCCc2ccc(F)cc2)o1. The molecule has 4 nitrogen and oxygen atoms in total. The minimum atomic E-state index is -0.218. The van der Waals surface area contributed by atoms with Gasteiger partial charge in [0.2, 0.25) is 5.89 Å². The summed E-state index contributed by atoms with van der Waals surface area (Å²) in [5.41, 5.74) is 1.06. The highest BCUT2D eigenvalue weighted by Crippen LogP contribution is 2.06. The number of nitrogens with one attached hydrogen (secondary N) is 1. The van der Waals surface area contributed by atoms with Crippen LogP contribution in [0.1, 0.15) is 11.5 Å². The highest BCUT2D eigenvalue weighted by molar-refractivity contribution is 5.20. The molecule has 2 aromatic rings. The predicted octanol–water partition coefficient (Wildman–Crippen LogP) is 2.17. The summed E-state index contributed by atoms with van der Waals surface area (Å²) < 4.78 is 17.8. The van der Waals surface area contributed by atoms with Crippen LogP contribution in [-0.4, -0.2) is 16.7 Å². The second-order valence-corrected chi connectivity index (χ2v) is 3.43. The van der Waals surface area contributed by atoms with Gasteiger partial charge in [0, 0.05) is 13.5 Å². The Morgan fingerprint density at radius 2 is 2.00 bits per heavy atom. The molecule has 1 aromatic carbocycles. The first-order valence-electron chi connectivity index (χ1n) is 5.02. The maximum atomic E-state index is 12.6. The van der Waals surface area contributed by atoms with Gasteiger partial charge in [0.1, 0.15) is 5.82 Å². The Morgan fingerprint density at radius 3 is 2.62 bits per heavy atom. The summed E-state index contributed by atoms with van der Waals surface area (Å²) in [6, 6.07) is 6.84. The molecule has 0 aliphatic heterocycles. The number of aryl methyl sites for hydroxylation is 1. The molecule has 0 aliphatic carbocycles. The summed E-state index contributed by atoms with van der Waals surface area (Å²) in [7, 11) is 0. The lowest BCUT2D eigenvalue weighted by Crippen LogP contribution is -2.05. The van der Waals surface area contributed by atoms with Crippen LogP contribution in [0.15, 0.2) is 28.7 Å². The number of nitrogens with zero attached hydrogens (tertiary/aromatic N) is 2. The van der Waals surface area contributed by atoms with Gasteiger partial charge in [-0.2, -0.15) is 0 Å². The number of hydrogen-bond acceptors (Lipinski definition) is 4. The van der Waals surface area contributed by atoms with E-state index < -0.39 is 0 Å². The maximum absolute atomic E-state index is 12.6. The van der Waals surface area contributed by atoms with Gasteiger partial charge >= 0.3 is 6.01 Å². The molecular formula is C11H12FN3O. The monoisotopic (exact) mass is 221 g/mol. The number of halogens is 1. The minimum absolute atomic E-state index is 0.218. The van der Waals surface area contributed by atoms with Crippen molar-refractivity contribution in [3.8, 4) is 0 Å². The predicted molar refractivity (Wildman–Crippen MR) is 57.6 cm³/mol. The highest BCUT2D eigenvalue weighted by Gasteiger charge is 2.00. The molecule has 0 saturated carbocycles. The molecular weight excluding hydrogens is 209 g/mol. The normalized spacial score (nSPS) is 10.4. The van der Waals surface area contributed by atoms with Crippen LogP contribution in [0, 0.1) is 12.7 Å². The maximum Gasteiger partial charge on any atom is 0.315 e. The van der Waals surface area contributed by atoms with Crippen LogP contribution in [0.2, 0.25) is 0 Å². The summed E-state index contributed by atoms with van der Waals surface area (Å²) in [5.74, 6) is 0.313. The van der Waals surface area contributed by atoms with Crippen molar-refractivity contribution in [3.05, 3.63) is 41.5 Å². The van der Waals surface area contributed by atoms with Crippen LogP contribution >= 0.6 is 0 Å². The van der Waals surface area contributed by atoms with Crippen LogP contribution < -0.4 is 5.32 Å². The average Bonchev–Trinajstić information content (AvgIpc) is 2.67. The third-order valence-corrected chi connectivity index (χ3v) is 2.13. The summed E-state index contributed by atoms with van der Waals surface area (Å²) >= 11 is 0. The standard InChI is InChI=1S/C11H12FN3O/c1-8-14-15-11(16-8)13-7-6-9-2-4-10(12)5-3-9/h2-5H,6-7H2,1H3,(H,13,15). The number of anilines is 1. The summed E-state index contributed by atoms with van der Waals surface area (Å²) in [6.07, 6.45) is 0.779. The largest absolute Gasteiger partial charge is 0.408 e. The smallest absolute Gasteiger partial charge is 0.315 e. The lowest BCUT2D eigenvalue weighted by atomic mass is 10.1. The van der Waals surface area contributed by atoms with Crippen LogP contribution in [-0.2, 0) is 6.42 Å². The Hall–Kier alpha value is -1.91. The van der Waals surface area contributed by atoms with E-state index in [0.29, 0.717) is 18.5 Å². The Balaban J connectivity index is 1.82. The minimum Gasteiger partial charge on any atom is -0.408 e. The second-order valence-electron chi connectivity index (χ2n) is 3.43. The van der Waals surface area contributed by atoms with Crippen molar-refractivity contribution < 1.29 is 8.81 Å². The molecule has 16 heavy (non-hydrogen) atoms. The molecule has 0 atom stereocenters. The van der Waals surface area contributed by atoms with Crippen LogP contribution in [0.5, 0.6) is 0 Å². The fourth-order valence-corrected chi connectivity index (χ4v) is 1.33. The molecule has 0 bridgehead atoms. The molecule has 0 saturated heterocycles. The van der Waals surface area contributed by atoms with Crippen molar-refractivity contribution in [1.29, 1.82) is 0 Å². The fraction of sp³-hybridized carbons (Fsp3) is 0.273. The van der Waals surface area contributed by atoms with E-state index in [4.69, 9.17) is 4.42 Å². The number of benzene rings is 1. The molecule has 0 fully saturated rings. The molecule has 0 unspecified atom stereocenters. The first-order chi connectivity index (χ1) is 7.74. The van der Waals surface area contributed by atoms with Crippen LogP contribution in [0.25, 0.3) is 0 Å². The van der Waals surface area contributed by atoms with Gasteiger partial charge in [-0.1, -0.05) is 17.2 Å². The summed E-state index contributed by atoms with van der Waals surface area (Å²) in [4.78, 5) is 0. The van der Waals surface area contributed by atoms with Gasteiger partial charge in [0.05, 0.1) is 0 Å². The van der Waals surface area contributed by atoms with Gasteiger partial charge in [-0.05, 0) is 24.1 Å². The lowest BCUT2D eigenvalue weighted by molar-refractivity contribution is 0.531. The first kappa shape index (κ1) is 10.6. The Labute approximate surface area is 92.5 Å². The molecule has 1 aromatic heterocycles. The van der Waals surface area contributed by atoms with Crippen LogP contribution in [0.4, 0.5) is 10.4 Å². The van der Waals surface area contributed by atoms with E-state index in [1.54, 1.807) is 19.1 Å². The van der Waals surface area contributed by atoms with E-state index in [9.17, 15) is 4.39 Å². The Bertz CT molecular complexity index is 453. The third kappa shape index (κ3) is 2.79. The van der Waals surface area contributed by atoms with E-state index in [1.165, 1.54) is 12.1 Å². The van der Waals surface area contributed by atoms with Gasteiger partial charge in [-0.15, -0.1) is 5.10 Å². The Kier molecular flexibility index (Phi) is 3.14. The molecule has 0 spiro atoms. The van der Waals surface area contributed by atoms with Crippen molar-refractivity contribution in [1.82, 2.24) is 10.2 Å². The lowest BCUT2D eigenvalue weighted by Gasteiger charge is -2.01. The van der Waals surface area contributed by atoms with Crippen molar-refractivity contribution in [2.45, 2.75) is 13.3 Å².